The predicted molar refractivity (Wildman–Crippen MR) is 254 cm³/mol. The Labute approximate surface area is 405 Å². The van der Waals surface area contributed by atoms with Gasteiger partial charge in [-0.05, 0) is 71.6 Å². The summed E-state index contributed by atoms with van der Waals surface area (Å²) in [6, 6.07) is 19.0. The summed E-state index contributed by atoms with van der Waals surface area (Å²) in [6.45, 7) is 7.17. The number of aromatic nitrogens is 1. The normalized spacial score (nSPS) is 17.5. The maximum Gasteiger partial charge on any atom is 0.264 e. The Hall–Kier alpha value is -6.97. The second kappa shape index (κ2) is 21.8. The van der Waals surface area contributed by atoms with Crippen LogP contribution in [0.15, 0.2) is 90.4 Å². The van der Waals surface area contributed by atoms with Gasteiger partial charge < -0.3 is 29.3 Å². The van der Waals surface area contributed by atoms with Crippen molar-refractivity contribution >= 4 is 63.3 Å². The van der Waals surface area contributed by atoms with E-state index in [1.54, 1.807) is 29.6 Å². The monoisotopic (exact) mass is 976 g/mol. The number of imide groups is 2. The lowest BCUT2D eigenvalue weighted by molar-refractivity contribution is -0.136. The van der Waals surface area contributed by atoms with Crippen LogP contribution in [0.25, 0.3) is 11.1 Å². The highest BCUT2D eigenvalue weighted by molar-refractivity contribution is 7.13. The molecule has 3 N–H and O–H groups in total. The molecule has 2 unspecified atom stereocenters. The van der Waals surface area contributed by atoms with Gasteiger partial charge in [0.1, 0.15) is 23.7 Å². The largest absolute Gasteiger partial charge is 0.382 e. The number of nitrogens with zero attached hydrogens (tertiary/aromatic N) is 5. The molecule has 20 heteroatoms. The van der Waals surface area contributed by atoms with Crippen LogP contribution < -0.4 is 20.9 Å². The van der Waals surface area contributed by atoms with E-state index in [2.05, 4.69) is 42.9 Å². The summed E-state index contributed by atoms with van der Waals surface area (Å²) in [5.41, 5.74) is 4.50. The van der Waals surface area contributed by atoms with Crippen molar-refractivity contribution in [3.63, 3.8) is 0 Å². The number of halogens is 2. The molecule has 2 atom stereocenters. The van der Waals surface area contributed by atoms with Crippen LogP contribution in [0.4, 0.5) is 25.3 Å². The van der Waals surface area contributed by atoms with Gasteiger partial charge in [0.05, 0.1) is 50.8 Å². The average molecular weight is 977 g/mol. The minimum atomic E-state index is -1.43. The molecule has 6 amide bonds. The van der Waals surface area contributed by atoms with Crippen molar-refractivity contribution in [3.05, 3.63) is 130 Å². The molecule has 17 nitrogen and oxygen atoms in total. The number of amides is 6. The van der Waals surface area contributed by atoms with Gasteiger partial charge in [-0.2, -0.15) is 0 Å². The second-order valence-electron chi connectivity index (χ2n) is 17.0. The third-order valence-corrected chi connectivity index (χ3v) is 13.4. The van der Waals surface area contributed by atoms with E-state index < -0.39 is 59.2 Å². The minimum Gasteiger partial charge on any atom is -0.382 e. The summed E-state index contributed by atoms with van der Waals surface area (Å²) < 4.78 is 46.7. The maximum atomic E-state index is 15.1. The second-order valence-corrected chi connectivity index (χ2v) is 17.9. The van der Waals surface area contributed by atoms with Gasteiger partial charge in [-0.15, -0.1) is 11.3 Å². The summed E-state index contributed by atoms with van der Waals surface area (Å²) in [7, 11) is 0. The molecule has 5 aromatic rings. The molecular weight excluding hydrogens is 927 g/mol. The molecule has 0 aliphatic carbocycles. The van der Waals surface area contributed by atoms with Gasteiger partial charge in [0, 0.05) is 86.3 Å². The molecule has 0 radical (unpaired) electrons. The van der Waals surface area contributed by atoms with Crippen LogP contribution in [-0.4, -0.2) is 140 Å². The summed E-state index contributed by atoms with van der Waals surface area (Å²) in [5, 5.41) is 9.95. The number of thiazole rings is 1. The number of rotatable bonds is 20. The zero-order chi connectivity index (χ0) is 48.7. The summed E-state index contributed by atoms with van der Waals surface area (Å²) in [5.74, 6) is -4.89. The fraction of sp³-hybridized carbons (Fsp3) is 0.340. The lowest BCUT2D eigenvalue weighted by atomic mass is 10.00. The van der Waals surface area contributed by atoms with Gasteiger partial charge in [0.25, 0.3) is 23.6 Å². The topological polar surface area (TPSA) is 192 Å². The molecule has 70 heavy (non-hydrogen) atoms. The number of carbonyl (C=O) groups is 6. The van der Waals surface area contributed by atoms with Crippen molar-refractivity contribution in [1.29, 1.82) is 0 Å². The van der Waals surface area contributed by atoms with Crippen LogP contribution in [0.5, 0.6) is 0 Å². The van der Waals surface area contributed by atoms with E-state index in [0.717, 1.165) is 72.6 Å². The summed E-state index contributed by atoms with van der Waals surface area (Å²) >= 11 is 1.17. The standard InChI is InChI=1S/C50H50F2N8O9S/c51-34-8-11-39(52)38(29-34)44(46(63)56-50-54-15-27-70-50)59-30-33-5-4-32(28-37(33)47(59)64)31-6-9-35(10-7-31)58-18-16-57(17-19-58)20-22-68-24-26-69-25-23-67-21-14-53-40-3-1-2-36-43(40)49(66)60(48(36)65)41-12-13-42(61)55-45(41)62/h1-11,15,27-29,41,44,53H,12-14,16-26,30H2,(H,54,56,63)(H,55,61,62). The number of hydrogen-bond donors (Lipinski definition) is 3. The molecular formula is C50H50F2N8O9S. The van der Waals surface area contributed by atoms with Gasteiger partial charge in [0.15, 0.2) is 5.13 Å². The van der Waals surface area contributed by atoms with Crippen LogP contribution in [0.1, 0.15) is 61.1 Å². The number of ether oxygens (including phenoxy) is 3. The van der Waals surface area contributed by atoms with E-state index in [4.69, 9.17) is 14.2 Å². The zero-order valence-corrected chi connectivity index (χ0v) is 38.8. The van der Waals surface area contributed by atoms with Crippen LogP contribution in [-0.2, 0) is 35.1 Å². The number of piperidine rings is 1. The van der Waals surface area contributed by atoms with Crippen molar-refractivity contribution < 1.29 is 51.8 Å². The predicted octanol–water partition coefficient (Wildman–Crippen LogP) is 5.11. The molecule has 2 saturated heterocycles. The number of carbonyl (C=O) groups excluding carboxylic acids is 6. The fourth-order valence-electron chi connectivity index (χ4n) is 9.10. The number of anilines is 3. The molecule has 5 heterocycles. The van der Waals surface area contributed by atoms with Crippen molar-refractivity contribution in [2.45, 2.75) is 31.5 Å². The van der Waals surface area contributed by atoms with Gasteiger partial charge in [-0.25, -0.2) is 13.8 Å². The van der Waals surface area contributed by atoms with E-state index in [1.165, 1.54) is 22.4 Å². The molecule has 0 spiro atoms. The SMILES string of the molecule is O=C1CCC(N2C(=O)c3cccc(NCCOCCOCCOCCN4CCN(c5ccc(-c6ccc7c(c6)C(=O)N(C(C(=O)Nc6nccs6)c6cc(F)ccc6F)C7)cc5)CC4)c3C2=O)C(=O)N1. The van der Waals surface area contributed by atoms with Crippen LogP contribution in [0, 0.1) is 11.6 Å². The third-order valence-electron chi connectivity index (χ3n) is 12.7. The van der Waals surface area contributed by atoms with Gasteiger partial charge in [-0.1, -0.05) is 30.3 Å². The first kappa shape index (κ1) is 48.1. The molecule has 9 rings (SSSR count). The Morgan fingerprint density at radius 2 is 1.54 bits per heavy atom. The van der Waals surface area contributed by atoms with E-state index in [0.29, 0.717) is 63.0 Å². The Bertz CT molecular complexity index is 2770. The Morgan fingerprint density at radius 3 is 2.29 bits per heavy atom. The zero-order valence-electron chi connectivity index (χ0n) is 38.0. The highest BCUT2D eigenvalue weighted by atomic mass is 32.1. The third kappa shape index (κ3) is 10.6. The molecule has 0 bridgehead atoms. The maximum absolute atomic E-state index is 15.1. The average Bonchev–Trinajstić information content (AvgIpc) is 4.06. The highest BCUT2D eigenvalue weighted by Gasteiger charge is 2.46. The molecule has 0 saturated carbocycles. The van der Waals surface area contributed by atoms with E-state index in [-0.39, 0.29) is 41.2 Å². The number of fused-ring (bicyclic) bond motifs is 2. The van der Waals surface area contributed by atoms with Crippen molar-refractivity contribution in [1.82, 2.24) is 25.0 Å². The summed E-state index contributed by atoms with van der Waals surface area (Å²) in [6.07, 6.45) is 1.65. The van der Waals surface area contributed by atoms with E-state index >= 15 is 4.39 Å². The van der Waals surface area contributed by atoms with E-state index in [1.807, 2.05) is 24.3 Å². The molecule has 1 aromatic heterocycles. The number of benzene rings is 4. The molecule has 4 aliphatic rings. The Kier molecular flexibility index (Phi) is 14.9. The van der Waals surface area contributed by atoms with Crippen molar-refractivity contribution in [2.24, 2.45) is 0 Å². The van der Waals surface area contributed by atoms with Gasteiger partial charge in [-0.3, -0.25) is 49.2 Å². The van der Waals surface area contributed by atoms with Gasteiger partial charge >= 0.3 is 0 Å². The van der Waals surface area contributed by atoms with Crippen LogP contribution >= 0.6 is 11.3 Å². The summed E-state index contributed by atoms with van der Waals surface area (Å²) in [4.78, 5) is 88.8. The minimum absolute atomic E-state index is 0.0420. The van der Waals surface area contributed by atoms with Crippen LogP contribution in [0.3, 0.4) is 0 Å². The Balaban J connectivity index is 0.656. The molecule has 4 aromatic carbocycles. The van der Waals surface area contributed by atoms with Crippen LogP contribution in [0.2, 0.25) is 0 Å². The smallest absolute Gasteiger partial charge is 0.264 e. The number of piperazine rings is 1. The van der Waals surface area contributed by atoms with Crippen molar-refractivity contribution in [2.75, 3.05) is 94.4 Å². The van der Waals surface area contributed by atoms with Crippen molar-refractivity contribution in [3.8, 4) is 11.1 Å². The first-order valence-corrected chi connectivity index (χ1v) is 23.9. The Morgan fingerprint density at radius 1 is 0.800 bits per heavy atom. The van der Waals surface area contributed by atoms with E-state index in [9.17, 15) is 33.2 Å². The fourth-order valence-corrected chi connectivity index (χ4v) is 9.63. The first-order valence-electron chi connectivity index (χ1n) is 23.0. The number of hydrogen-bond acceptors (Lipinski definition) is 14. The molecule has 4 aliphatic heterocycles. The molecule has 364 valence electrons. The molecule has 2 fully saturated rings. The first-order chi connectivity index (χ1) is 34.0. The lowest BCUT2D eigenvalue weighted by Gasteiger charge is -2.36. The number of nitrogens with one attached hydrogen (secondary N) is 3. The highest BCUT2D eigenvalue weighted by Crippen LogP contribution is 2.37. The quantitative estimate of drug-likeness (QED) is 0.0690. The lowest BCUT2D eigenvalue weighted by Crippen LogP contribution is -2.54. The van der Waals surface area contributed by atoms with Gasteiger partial charge in [0.2, 0.25) is 11.8 Å².